The highest BCUT2D eigenvalue weighted by atomic mass is 19.2. The molecule has 0 N–H and O–H groups in total. The SMILES string of the molecule is Cc1c(F)c(F)c(/C=C2/C(=C(C#N)c3c(F)c(F)c(C#N)c(F)c3F)/C2=C(/C#N)c2c(F)c(F)c(C#N)c(F)c2F)c(F)c1F. The minimum absolute atomic E-state index is 0.0634. The molecule has 4 nitrogen and oxygen atoms in total. The molecular formula is C29H4F12N4. The van der Waals surface area contributed by atoms with Crippen LogP contribution in [0.25, 0.3) is 17.2 Å². The number of allylic oxidation sites excluding steroid dienone is 5. The van der Waals surface area contributed by atoms with Gasteiger partial charge in [0.25, 0.3) is 0 Å². The molecule has 0 amide bonds. The summed E-state index contributed by atoms with van der Waals surface area (Å²) in [5, 5.41) is 37.1. The van der Waals surface area contributed by atoms with Gasteiger partial charge >= 0.3 is 0 Å². The van der Waals surface area contributed by atoms with Gasteiger partial charge in [0.15, 0.2) is 69.8 Å². The molecule has 3 aromatic carbocycles. The molecule has 4 rings (SSSR count). The van der Waals surface area contributed by atoms with E-state index in [0.717, 1.165) is 24.3 Å². The van der Waals surface area contributed by atoms with E-state index in [0.29, 0.717) is 6.92 Å². The molecule has 45 heavy (non-hydrogen) atoms. The Hall–Kier alpha value is -6.00. The molecule has 0 heterocycles. The van der Waals surface area contributed by atoms with Gasteiger partial charge in [0, 0.05) is 16.7 Å². The van der Waals surface area contributed by atoms with Crippen LogP contribution in [0.2, 0.25) is 0 Å². The fourth-order valence-corrected chi connectivity index (χ4v) is 4.27. The first-order valence-corrected chi connectivity index (χ1v) is 11.5. The molecule has 0 spiro atoms. The lowest BCUT2D eigenvalue weighted by molar-refractivity contribution is 0.442. The lowest BCUT2D eigenvalue weighted by Gasteiger charge is -2.08. The summed E-state index contributed by atoms with van der Waals surface area (Å²) in [7, 11) is 0. The average molecular weight is 636 g/mol. The molecule has 0 aliphatic heterocycles. The van der Waals surface area contributed by atoms with Crippen molar-refractivity contribution in [1.29, 1.82) is 21.0 Å². The maximum absolute atomic E-state index is 14.9. The minimum atomic E-state index is -2.42. The van der Waals surface area contributed by atoms with Gasteiger partial charge in [-0.05, 0) is 18.6 Å². The Balaban J connectivity index is 2.27. The van der Waals surface area contributed by atoms with Crippen molar-refractivity contribution in [3.05, 3.63) is 120 Å². The molecular weight excluding hydrogens is 632 g/mol. The zero-order valence-electron chi connectivity index (χ0n) is 21.4. The van der Waals surface area contributed by atoms with E-state index < -0.39 is 131 Å². The third-order valence-corrected chi connectivity index (χ3v) is 6.51. The highest BCUT2D eigenvalue weighted by Gasteiger charge is 2.43. The number of benzene rings is 3. The summed E-state index contributed by atoms with van der Waals surface area (Å²) in [4.78, 5) is 0. The normalized spacial score (nSPS) is 15.3. The van der Waals surface area contributed by atoms with Crippen molar-refractivity contribution >= 4 is 17.2 Å². The van der Waals surface area contributed by atoms with E-state index in [1.54, 1.807) is 0 Å². The van der Waals surface area contributed by atoms with Gasteiger partial charge in [-0.15, -0.1) is 0 Å². The van der Waals surface area contributed by atoms with Gasteiger partial charge in [0.2, 0.25) is 0 Å². The Morgan fingerprint density at radius 3 is 1.04 bits per heavy atom. The van der Waals surface area contributed by atoms with E-state index >= 15 is 0 Å². The van der Waals surface area contributed by atoms with E-state index in [2.05, 4.69) is 0 Å². The highest BCUT2D eigenvalue weighted by molar-refractivity contribution is 6.08. The molecule has 1 aliphatic carbocycles. The first-order valence-electron chi connectivity index (χ1n) is 11.5. The molecule has 0 unspecified atom stereocenters. The van der Waals surface area contributed by atoms with Crippen molar-refractivity contribution in [2.75, 3.05) is 0 Å². The number of halogens is 12. The van der Waals surface area contributed by atoms with Crippen molar-refractivity contribution in [3.8, 4) is 24.3 Å². The standard InChI is InChI=1S/C29H4F12N4/c1-7-18(30)20(32)9(21(33)19(7)31)2-8-14(10(3-42)16-26(38)22(34)12(5-44)23(35)27(16)39)15(8)11(4-43)17-28(40)24(36)13(6-45)25(37)29(17)41/h2H,1H3/b8-2-,14-10?,15-11-. The second kappa shape index (κ2) is 11.3. The quantitative estimate of drug-likeness (QED) is 0.167. The van der Waals surface area contributed by atoms with E-state index in [-0.39, 0.29) is 6.08 Å². The molecule has 0 bridgehead atoms. The second-order valence-corrected chi connectivity index (χ2v) is 8.81. The third-order valence-electron chi connectivity index (χ3n) is 6.51. The fourth-order valence-electron chi connectivity index (χ4n) is 4.27. The predicted molar refractivity (Wildman–Crippen MR) is 126 cm³/mol. The van der Waals surface area contributed by atoms with Crippen LogP contribution >= 0.6 is 0 Å². The van der Waals surface area contributed by atoms with Crippen LogP contribution in [0, 0.1) is 122 Å². The fraction of sp³-hybridized carbons (Fsp3) is 0.0345. The Morgan fingerprint density at radius 2 is 0.778 bits per heavy atom. The van der Waals surface area contributed by atoms with Crippen LogP contribution in [-0.4, -0.2) is 0 Å². The van der Waals surface area contributed by atoms with Crippen molar-refractivity contribution in [3.63, 3.8) is 0 Å². The van der Waals surface area contributed by atoms with Crippen LogP contribution in [0.1, 0.15) is 33.4 Å². The number of nitriles is 4. The van der Waals surface area contributed by atoms with Gasteiger partial charge in [0.05, 0.1) is 27.8 Å². The van der Waals surface area contributed by atoms with E-state index in [1.165, 1.54) is 0 Å². The minimum Gasteiger partial charge on any atom is -0.203 e. The highest BCUT2D eigenvalue weighted by Crippen LogP contribution is 2.55. The third kappa shape index (κ3) is 4.55. The Labute approximate surface area is 242 Å². The summed E-state index contributed by atoms with van der Waals surface area (Å²) in [5.41, 5.74) is -16.9. The summed E-state index contributed by atoms with van der Waals surface area (Å²) in [6.07, 6.45) is 0.0634. The topological polar surface area (TPSA) is 95.2 Å². The molecule has 1 aliphatic rings. The van der Waals surface area contributed by atoms with E-state index in [9.17, 15) is 63.2 Å². The van der Waals surface area contributed by atoms with Crippen LogP contribution in [0.5, 0.6) is 0 Å². The van der Waals surface area contributed by atoms with Crippen LogP contribution in [-0.2, 0) is 0 Å². The second-order valence-electron chi connectivity index (χ2n) is 8.81. The monoisotopic (exact) mass is 636 g/mol. The van der Waals surface area contributed by atoms with Gasteiger partial charge in [-0.2, -0.15) is 21.0 Å². The first-order chi connectivity index (χ1) is 21.1. The molecule has 0 saturated heterocycles. The van der Waals surface area contributed by atoms with E-state index in [4.69, 9.17) is 10.5 Å². The van der Waals surface area contributed by atoms with Gasteiger partial charge < -0.3 is 0 Å². The van der Waals surface area contributed by atoms with Gasteiger partial charge in [-0.25, -0.2) is 52.7 Å². The smallest absolute Gasteiger partial charge is 0.180 e. The zero-order chi connectivity index (χ0) is 33.8. The Bertz CT molecular complexity index is 1980. The summed E-state index contributed by atoms with van der Waals surface area (Å²) < 4.78 is 175. The molecule has 0 radical (unpaired) electrons. The first kappa shape index (κ1) is 31.9. The van der Waals surface area contributed by atoms with Gasteiger partial charge in [0.1, 0.15) is 35.4 Å². The van der Waals surface area contributed by atoms with Crippen LogP contribution in [0.3, 0.4) is 0 Å². The molecule has 1 saturated carbocycles. The number of nitrogens with zero attached hydrogens (tertiary/aromatic N) is 4. The summed E-state index contributed by atoms with van der Waals surface area (Å²) in [6.45, 7) is 0.613. The Kier molecular flexibility index (Phi) is 7.98. The Morgan fingerprint density at radius 1 is 0.467 bits per heavy atom. The average Bonchev–Trinajstić information content (AvgIpc) is 3.72. The molecule has 0 aromatic heterocycles. The lowest BCUT2D eigenvalue weighted by Crippen LogP contribution is -2.06. The molecule has 0 atom stereocenters. The summed E-state index contributed by atoms with van der Waals surface area (Å²) in [5.74, 6) is -27.4. The molecule has 1 fully saturated rings. The van der Waals surface area contributed by atoms with Gasteiger partial charge in [-0.1, -0.05) is 0 Å². The molecule has 3 aromatic rings. The van der Waals surface area contributed by atoms with Crippen LogP contribution in [0.15, 0.2) is 16.7 Å². The predicted octanol–water partition coefficient (Wildman–Crippen LogP) is 7.76. The van der Waals surface area contributed by atoms with Crippen molar-refractivity contribution in [1.82, 2.24) is 0 Å². The van der Waals surface area contributed by atoms with Crippen LogP contribution in [0.4, 0.5) is 52.7 Å². The van der Waals surface area contributed by atoms with Crippen molar-refractivity contribution < 1.29 is 52.7 Å². The largest absolute Gasteiger partial charge is 0.203 e. The van der Waals surface area contributed by atoms with E-state index in [1.807, 2.05) is 0 Å². The number of hydrogen-bond donors (Lipinski definition) is 0. The number of hydrogen-bond acceptors (Lipinski definition) is 4. The maximum Gasteiger partial charge on any atom is 0.180 e. The zero-order valence-corrected chi connectivity index (χ0v) is 21.4. The van der Waals surface area contributed by atoms with Crippen molar-refractivity contribution in [2.45, 2.75) is 6.92 Å². The van der Waals surface area contributed by atoms with Crippen molar-refractivity contribution in [2.24, 2.45) is 0 Å². The number of rotatable bonds is 3. The summed E-state index contributed by atoms with van der Waals surface area (Å²) >= 11 is 0. The molecule has 224 valence electrons. The van der Waals surface area contributed by atoms with Gasteiger partial charge in [-0.3, -0.25) is 0 Å². The summed E-state index contributed by atoms with van der Waals surface area (Å²) in [6, 6.07) is 3.71. The lowest BCUT2D eigenvalue weighted by atomic mass is 9.99. The maximum atomic E-state index is 14.9. The molecule has 16 heteroatoms. The van der Waals surface area contributed by atoms with Crippen LogP contribution < -0.4 is 0 Å².